The zero-order valence-electron chi connectivity index (χ0n) is 12.1. The molecule has 0 saturated carbocycles. The number of likely N-dealkylation sites (tertiary alicyclic amines) is 1. The zero-order chi connectivity index (χ0) is 14.4. The van der Waals surface area contributed by atoms with E-state index in [9.17, 15) is 9.90 Å². The van der Waals surface area contributed by atoms with Crippen LogP contribution in [0.3, 0.4) is 0 Å². The summed E-state index contributed by atoms with van der Waals surface area (Å²) in [5.41, 5.74) is 3.18. The summed E-state index contributed by atoms with van der Waals surface area (Å²) in [7, 11) is 0. The van der Waals surface area contributed by atoms with Crippen LogP contribution in [0.5, 0.6) is 5.75 Å². The van der Waals surface area contributed by atoms with E-state index in [0.29, 0.717) is 5.58 Å². The van der Waals surface area contributed by atoms with Gasteiger partial charge < -0.3 is 14.4 Å². The van der Waals surface area contributed by atoms with Gasteiger partial charge in [0.1, 0.15) is 12.3 Å². The van der Waals surface area contributed by atoms with Crippen molar-refractivity contribution in [3.63, 3.8) is 0 Å². The summed E-state index contributed by atoms with van der Waals surface area (Å²) < 4.78 is 5.60. The average molecular weight is 286 g/mol. The molecule has 0 atom stereocenters. The van der Waals surface area contributed by atoms with Crippen LogP contribution in [-0.2, 0) is 19.4 Å². The van der Waals surface area contributed by atoms with Gasteiger partial charge in [-0.25, -0.2) is 4.79 Å². The van der Waals surface area contributed by atoms with Crippen LogP contribution < -0.4 is 10.5 Å². The summed E-state index contributed by atoms with van der Waals surface area (Å²) in [6.07, 6.45) is 5.26. The maximum Gasteiger partial charge on any atom is 0.339 e. The van der Waals surface area contributed by atoms with Crippen LogP contribution in [0, 0.1) is 0 Å². The predicted octanol–water partition coefficient (Wildman–Crippen LogP) is 1.17. The lowest BCUT2D eigenvalue weighted by Gasteiger charge is -2.15. The molecule has 1 aliphatic carbocycles. The van der Waals surface area contributed by atoms with Gasteiger partial charge in [0, 0.05) is 23.8 Å². The molecule has 1 aromatic heterocycles. The summed E-state index contributed by atoms with van der Waals surface area (Å²) >= 11 is 0. The first-order valence-corrected chi connectivity index (χ1v) is 7.87. The van der Waals surface area contributed by atoms with E-state index in [-0.39, 0.29) is 11.4 Å². The summed E-state index contributed by atoms with van der Waals surface area (Å²) in [5, 5.41) is 11.3. The Labute approximate surface area is 123 Å². The molecule has 110 valence electrons. The van der Waals surface area contributed by atoms with Crippen molar-refractivity contribution in [3.05, 3.63) is 39.2 Å². The van der Waals surface area contributed by atoms with Crippen LogP contribution in [0.1, 0.15) is 36.0 Å². The van der Waals surface area contributed by atoms with E-state index in [0.717, 1.165) is 61.0 Å². The molecule has 1 saturated heterocycles. The summed E-state index contributed by atoms with van der Waals surface area (Å²) in [6, 6.07) is 3.66. The van der Waals surface area contributed by atoms with Gasteiger partial charge in [0.2, 0.25) is 0 Å². The van der Waals surface area contributed by atoms with Crippen LogP contribution in [0.4, 0.5) is 0 Å². The molecule has 0 spiro atoms. The number of aromatic hydroxyl groups is 1. The first-order chi connectivity index (χ1) is 10.2. The lowest BCUT2D eigenvalue weighted by molar-refractivity contribution is -0.901. The first-order valence-electron chi connectivity index (χ1n) is 7.87. The second-order valence-corrected chi connectivity index (χ2v) is 6.27. The third kappa shape index (κ3) is 2.05. The molecule has 1 fully saturated rings. The molecule has 0 radical (unpaired) electrons. The Hall–Kier alpha value is -1.81. The van der Waals surface area contributed by atoms with Crippen molar-refractivity contribution >= 4 is 11.0 Å². The first kappa shape index (κ1) is 12.9. The van der Waals surface area contributed by atoms with Gasteiger partial charge in [-0.2, -0.15) is 0 Å². The molecule has 4 heteroatoms. The molecule has 0 unspecified atom stereocenters. The van der Waals surface area contributed by atoms with Gasteiger partial charge in [0.15, 0.2) is 5.58 Å². The Morgan fingerprint density at radius 3 is 2.67 bits per heavy atom. The van der Waals surface area contributed by atoms with Crippen LogP contribution in [0.25, 0.3) is 11.0 Å². The molecule has 2 N–H and O–H groups in total. The predicted molar refractivity (Wildman–Crippen MR) is 79.8 cm³/mol. The van der Waals surface area contributed by atoms with Gasteiger partial charge in [0.05, 0.1) is 18.7 Å². The van der Waals surface area contributed by atoms with Crippen molar-refractivity contribution in [2.45, 2.75) is 38.6 Å². The van der Waals surface area contributed by atoms with Gasteiger partial charge in [0.25, 0.3) is 0 Å². The number of rotatable bonds is 2. The van der Waals surface area contributed by atoms with Crippen LogP contribution >= 0.6 is 0 Å². The van der Waals surface area contributed by atoms with Crippen LogP contribution in [-0.4, -0.2) is 18.2 Å². The second-order valence-electron chi connectivity index (χ2n) is 6.27. The van der Waals surface area contributed by atoms with Crippen molar-refractivity contribution in [2.24, 2.45) is 0 Å². The molecular formula is C17H20NO3+. The second kappa shape index (κ2) is 4.88. The van der Waals surface area contributed by atoms with E-state index in [1.54, 1.807) is 6.07 Å². The fraction of sp³-hybridized carbons (Fsp3) is 0.471. The van der Waals surface area contributed by atoms with Crippen molar-refractivity contribution in [3.8, 4) is 5.75 Å². The van der Waals surface area contributed by atoms with E-state index in [1.165, 1.54) is 17.7 Å². The molecule has 1 aliphatic heterocycles. The number of phenols is 1. The van der Waals surface area contributed by atoms with Crippen LogP contribution in [0.2, 0.25) is 0 Å². The maximum absolute atomic E-state index is 12.2. The van der Waals surface area contributed by atoms with Crippen molar-refractivity contribution in [2.75, 3.05) is 13.1 Å². The standard InChI is InChI=1S/C17H19NO3/c19-15-7-6-12-11-4-3-5-13(11)17(20)21-16(12)14(15)10-18-8-1-2-9-18/h6-7,19H,1-5,8-10H2/p+1. The molecule has 0 amide bonds. The Kier molecular flexibility index (Phi) is 3.00. The van der Waals surface area contributed by atoms with E-state index in [1.807, 2.05) is 6.07 Å². The number of hydrogen-bond acceptors (Lipinski definition) is 3. The number of quaternary nitrogens is 1. The number of benzene rings is 1. The normalized spacial score (nSPS) is 18.5. The fourth-order valence-corrected chi connectivity index (χ4v) is 3.86. The third-order valence-electron chi connectivity index (χ3n) is 4.96. The molecule has 4 rings (SSSR count). The van der Waals surface area contributed by atoms with Gasteiger partial charge in [-0.3, -0.25) is 0 Å². The number of nitrogens with one attached hydrogen (secondary N) is 1. The van der Waals surface area contributed by atoms with E-state index < -0.39 is 0 Å². The maximum atomic E-state index is 12.2. The molecule has 0 bridgehead atoms. The Morgan fingerprint density at radius 2 is 1.86 bits per heavy atom. The number of phenolic OH excluding ortho intramolecular Hbond substituents is 1. The highest BCUT2D eigenvalue weighted by molar-refractivity contribution is 5.86. The highest BCUT2D eigenvalue weighted by Crippen LogP contribution is 2.32. The minimum Gasteiger partial charge on any atom is -0.507 e. The fourth-order valence-electron chi connectivity index (χ4n) is 3.86. The SMILES string of the molecule is O=c1oc2c(C[NH+]3CCCC3)c(O)ccc2c2c1CCC2. The Morgan fingerprint density at radius 1 is 1.10 bits per heavy atom. The molecule has 1 aromatic carbocycles. The highest BCUT2D eigenvalue weighted by Gasteiger charge is 2.24. The smallest absolute Gasteiger partial charge is 0.339 e. The summed E-state index contributed by atoms with van der Waals surface area (Å²) in [6.45, 7) is 3.00. The number of hydrogen-bond donors (Lipinski definition) is 2. The Balaban J connectivity index is 1.90. The van der Waals surface area contributed by atoms with Gasteiger partial charge >= 0.3 is 5.63 Å². The lowest BCUT2D eigenvalue weighted by atomic mass is 10.0. The van der Waals surface area contributed by atoms with E-state index in [4.69, 9.17) is 4.42 Å². The van der Waals surface area contributed by atoms with Gasteiger partial charge in [-0.15, -0.1) is 0 Å². The highest BCUT2D eigenvalue weighted by atomic mass is 16.4. The van der Waals surface area contributed by atoms with Crippen LogP contribution in [0.15, 0.2) is 21.3 Å². The topological polar surface area (TPSA) is 54.9 Å². The van der Waals surface area contributed by atoms with Crippen molar-refractivity contribution in [1.82, 2.24) is 0 Å². The van der Waals surface area contributed by atoms with E-state index >= 15 is 0 Å². The molecule has 4 nitrogen and oxygen atoms in total. The van der Waals surface area contributed by atoms with Gasteiger partial charge in [-0.05, 0) is 37.0 Å². The molecule has 2 aromatic rings. The lowest BCUT2D eigenvalue weighted by Crippen LogP contribution is -3.08. The number of fused-ring (bicyclic) bond motifs is 3. The zero-order valence-corrected chi connectivity index (χ0v) is 12.1. The largest absolute Gasteiger partial charge is 0.507 e. The minimum absolute atomic E-state index is 0.210. The van der Waals surface area contributed by atoms with Gasteiger partial charge in [-0.1, -0.05) is 0 Å². The monoisotopic (exact) mass is 286 g/mol. The van der Waals surface area contributed by atoms with Crippen molar-refractivity contribution in [1.29, 1.82) is 0 Å². The van der Waals surface area contributed by atoms with E-state index in [2.05, 4.69) is 0 Å². The third-order valence-corrected chi connectivity index (χ3v) is 4.96. The summed E-state index contributed by atoms with van der Waals surface area (Å²) in [4.78, 5) is 13.6. The summed E-state index contributed by atoms with van der Waals surface area (Å²) in [5.74, 6) is 0.253. The Bertz CT molecular complexity index is 757. The molecular weight excluding hydrogens is 266 g/mol. The van der Waals surface area contributed by atoms with Crippen molar-refractivity contribution < 1.29 is 14.4 Å². The molecule has 21 heavy (non-hydrogen) atoms. The minimum atomic E-state index is -0.210. The quantitative estimate of drug-likeness (QED) is 0.815. The average Bonchev–Trinajstić information content (AvgIpc) is 3.13. The molecule has 2 heterocycles. The number of aryl methyl sites for hydroxylation is 1. The molecule has 2 aliphatic rings.